The molecule has 0 saturated heterocycles. The highest BCUT2D eigenvalue weighted by Crippen LogP contribution is 2.44. The molecule has 31 heavy (non-hydrogen) atoms. The number of thiophene rings is 2. The Bertz CT molecular complexity index is 1210. The molecule has 0 spiro atoms. The Labute approximate surface area is 191 Å². The molecule has 3 aromatic carbocycles. The summed E-state index contributed by atoms with van der Waals surface area (Å²) in [6, 6.07) is 39.0. The minimum absolute atomic E-state index is 1.08. The van der Waals surface area contributed by atoms with Gasteiger partial charge in [-0.1, -0.05) is 67.6 Å². The number of hydrogen-bond acceptors (Lipinski definition) is 3. The number of aryl methyl sites for hydroxylation is 1. The Morgan fingerprint density at radius 2 is 1.10 bits per heavy atom. The molecule has 2 heterocycles. The van der Waals surface area contributed by atoms with Crippen LogP contribution >= 0.6 is 22.7 Å². The molecule has 0 atom stereocenters. The van der Waals surface area contributed by atoms with Crippen LogP contribution in [0, 0.1) is 0 Å². The highest BCUT2D eigenvalue weighted by molar-refractivity contribution is 7.25. The van der Waals surface area contributed by atoms with Gasteiger partial charge in [-0.05, 0) is 66.1 Å². The van der Waals surface area contributed by atoms with E-state index in [9.17, 15) is 0 Å². The Balaban J connectivity index is 1.48. The standard InChI is InChI=1S/C28H23NS2/c1-2-21-13-15-22(16-14-21)25-17-18-26(30-25)27-19-20-28(31-27)29(23-9-5-3-6-10-23)24-11-7-4-8-12-24/h3-20H,2H2,1H3. The number of benzene rings is 3. The van der Waals surface area contributed by atoms with Crippen LogP contribution < -0.4 is 4.90 Å². The first-order valence-electron chi connectivity index (χ1n) is 10.5. The average Bonchev–Trinajstić information content (AvgIpc) is 3.51. The molecule has 5 rings (SSSR count). The maximum Gasteiger partial charge on any atom is 0.101 e. The predicted molar refractivity (Wildman–Crippen MR) is 137 cm³/mol. The summed E-state index contributed by atoms with van der Waals surface area (Å²) < 4.78 is 0. The molecule has 0 fully saturated rings. The van der Waals surface area contributed by atoms with Crippen LogP contribution in [0.15, 0.2) is 109 Å². The van der Waals surface area contributed by atoms with Crippen LogP contribution in [-0.4, -0.2) is 0 Å². The number of rotatable bonds is 6. The summed E-state index contributed by atoms with van der Waals surface area (Å²) in [5.74, 6) is 0. The molecule has 0 amide bonds. The predicted octanol–water partition coefficient (Wildman–Crippen LogP) is 9.18. The second-order valence-corrected chi connectivity index (χ2v) is 9.50. The molecule has 0 aliphatic heterocycles. The van der Waals surface area contributed by atoms with E-state index in [0.717, 1.165) is 6.42 Å². The zero-order valence-corrected chi connectivity index (χ0v) is 19.0. The molecule has 0 bridgehead atoms. The zero-order valence-electron chi connectivity index (χ0n) is 17.4. The van der Waals surface area contributed by atoms with Gasteiger partial charge in [-0.25, -0.2) is 0 Å². The molecule has 0 N–H and O–H groups in total. The molecule has 3 heteroatoms. The van der Waals surface area contributed by atoms with E-state index < -0.39 is 0 Å². The van der Waals surface area contributed by atoms with Crippen molar-refractivity contribution in [1.82, 2.24) is 0 Å². The molecule has 0 radical (unpaired) electrons. The van der Waals surface area contributed by atoms with Crippen LogP contribution in [-0.2, 0) is 6.42 Å². The van der Waals surface area contributed by atoms with Gasteiger partial charge in [0, 0.05) is 26.0 Å². The molecule has 0 aliphatic carbocycles. The third kappa shape index (κ3) is 4.20. The molecule has 0 unspecified atom stereocenters. The molecule has 152 valence electrons. The quantitative estimate of drug-likeness (QED) is 0.256. The highest BCUT2D eigenvalue weighted by Gasteiger charge is 2.15. The lowest BCUT2D eigenvalue weighted by atomic mass is 10.1. The number of para-hydroxylation sites is 2. The van der Waals surface area contributed by atoms with Gasteiger partial charge in [0.1, 0.15) is 5.00 Å². The largest absolute Gasteiger partial charge is 0.302 e. The van der Waals surface area contributed by atoms with Crippen molar-refractivity contribution >= 4 is 39.0 Å². The fourth-order valence-electron chi connectivity index (χ4n) is 3.67. The Morgan fingerprint density at radius 3 is 1.71 bits per heavy atom. The highest BCUT2D eigenvalue weighted by atomic mass is 32.1. The Hall–Kier alpha value is -3.14. The summed E-state index contributed by atoms with van der Waals surface area (Å²) in [6.45, 7) is 2.20. The van der Waals surface area contributed by atoms with Crippen LogP contribution in [0.4, 0.5) is 16.4 Å². The van der Waals surface area contributed by atoms with E-state index in [2.05, 4.69) is 121 Å². The van der Waals surface area contributed by atoms with E-state index in [1.54, 1.807) is 0 Å². The molecular weight excluding hydrogens is 414 g/mol. The lowest BCUT2D eigenvalue weighted by molar-refractivity contribution is 1.14. The van der Waals surface area contributed by atoms with Gasteiger partial charge < -0.3 is 4.90 Å². The normalized spacial score (nSPS) is 10.9. The minimum atomic E-state index is 1.08. The first-order chi connectivity index (χ1) is 15.3. The monoisotopic (exact) mass is 437 g/mol. The van der Waals surface area contributed by atoms with Gasteiger partial charge in [-0.3, -0.25) is 0 Å². The molecule has 2 aromatic heterocycles. The van der Waals surface area contributed by atoms with Crippen LogP contribution in [0.5, 0.6) is 0 Å². The van der Waals surface area contributed by atoms with Crippen molar-refractivity contribution in [3.63, 3.8) is 0 Å². The maximum absolute atomic E-state index is 2.33. The second-order valence-electron chi connectivity index (χ2n) is 7.36. The summed E-state index contributed by atoms with van der Waals surface area (Å²) in [5.41, 5.74) is 5.01. The summed E-state index contributed by atoms with van der Waals surface area (Å²) in [4.78, 5) is 6.25. The van der Waals surface area contributed by atoms with Crippen LogP contribution in [0.2, 0.25) is 0 Å². The van der Waals surface area contributed by atoms with Crippen molar-refractivity contribution < 1.29 is 0 Å². The fourth-order valence-corrected chi connectivity index (χ4v) is 5.82. The van der Waals surface area contributed by atoms with E-state index in [4.69, 9.17) is 0 Å². The number of nitrogens with zero attached hydrogens (tertiary/aromatic N) is 1. The fraction of sp³-hybridized carbons (Fsp3) is 0.0714. The first kappa shape index (κ1) is 19.8. The van der Waals surface area contributed by atoms with Gasteiger partial charge in [0.25, 0.3) is 0 Å². The van der Waals surface area contributed by atoms with E-state index in [1.165, 1.54) is 42.1 Å². The van der Waals surface area contributed by atoms with Crippen molar-refractivity contribution in [1.29, 1.82) is 0 Å². The molecule has 0 aliphatic rings. The van der Waals surface area contributed by atoms with E-state index in [-0.39, 0.29) is 0 Å². The smallest absolute Gasteiger partial charge is 0.101 e. The summed E-state index contributed by atoms with van der Waals surface area (Å²) >= 11 is 3.70. The molecule has 1 nitrogen and oxygen atoms in total. The van der Waals surface area contributed by atoms with Gasteiger partial charge in [0.2, 0.25) is 0 Å². The van der Waals surface area contributed by atoms with Crippen molar-refractivity contribution in [3.8, 4) is 20.2 Å². The number of hydrogen-bond donors (Lipinski definition) is 0. The SMILES string of the molecule is CCc1ccc(-c2ccc(-c3ccc(N(c4ccccc4)c4ccccc4)s3)s2)cc1. The summed E-state index contributed by atoms with van der Waals surface area (Å²) in [7, 11) is 0. The maximum atomic E-state index is 2.33. The van der Waals surface area contributed by atoms with E-state index in [0.29, 0.717) is 0 Å². The van der Waals surface area contributed by atoms with Gasteiger partial charge in [-0.2, -0.15) is 0 Å². The molecular formula is C28H23NS2. The first-order valence-corrected chi connectivity index (χ1v) is 12.1. The lowest BCUT2D eigenvalue weighted by Gasteiger charge is -2.23. The second kappa shape index (κ2) is 8.93. The zero-order chi connectivity index (χ0) is 21.0. The van der Waals surface area contributed by atoms with Crippen molar-refractivity contribution in [2.45, 2.75) is 13.3 Å². The van der Waals surface area contributed by atoms with E-state index in [1.807, 2.05) is 22.7 Å². The van der Waals surface area contributed by atoms with Gasteiger partial charge in [0.15, 0.2) is 0 Å². The van der Waals surface area contributed by atoms with Crippen molar-refractivity contribution in [2.75, 3.05) is 4.90 Å². The average molecular weight is 438 g/mol. The third-order valence-electron chi connectivity index (χ3n) is 5.34. The van der Waals surface area contributed by atoms with Crippen molar-refractivity contribution in [3.05, 3.63) is 115 Å². The van der Waals surface area contributed by atoms with Gasteiger partial charge in [-0.15, -0.1) is 22.7 Å². The van der Waals surface area contributed by atoms with E-state index >= 15 is 0 Å². The lowest BCUT2D eigenvalue weighted by Crippen LogP contribution is -2.07. The summed E-state index contributed by atoms with van der Waals surface area (Å²) in [6.07, 6.45) is 1.08. The molecule has 5 aromatic rings. The number of anilines is 3. The topological polar surface area (TPSA) is 3.24 Å². The Morgan fingerprint density at radius 1 is 0.548 bits per heavy atom. The van der Waals surface area contributed by atoms with Crippen LogP contribution in [0.25, 0.3) is 20.2 Å². The third-order valence-corrected chi connectivity index (χ3v) is 7.74. The van der Waals surface area contributed by atoms with Crippen LogP contribution in [0.1, 0.15) is 12.5 Å². The molecule has 0 saturated carbocycles. The summed E-state index contributed by atoms with van der Waals surface area (Å²) in [5, 5.41) is 1.22. The Kier molecular flexibility index (Phi) is 5.70. The van der Waals surface area contributed by atoms with Gasteiger partial charge in [0.05, 0.1) is 0 Å². The minimum Gasteiger partial charge on any atom is -0.302 e. The van der Waals surface area contributed by atoms with Crippen molar-refractivity contribution in [2.24, 2.45) is 0 Å². The van der Waals surface area contributed by atoms with Gasteiger partial charge >= 0.3 is 0 Å². The van der Waals surface area contributed by atoms with Crippen LogP contribution in [0.3, 0.4) is 0 Å².